The maximum absolute atomic E-state index is 13.1. The number of benzene rings is 2. The molecule has 1 aliphatic heterocycles. The van der Waals surface area contributed by atoms with Gasteiger partial charge in [0.25, 0.3) is 23.5 Å². The van der Waals surface area contributed by atoms with Crippen LogP contribution in [0, 0.1) is 0 Å². The summed E-state index contributed by atoms with van der Waals surface area (Å²) in [7, 11) is 0. The summed E-state index contributed by atoms with van der Waals surface area (Å²) in [6, 6.07) is 11.7. The van der Waals surface area contributed by atoms with Crippen LogP contribution in [-0.4, -0.2) is 55.0 Å². The Morgan fingerprint density at radius 2 is 1.87 bits per heavy atom. The largest absolute Gasteiger partial charge is 0.482 e. The van der Waals surface area contributed by atoms with Crippen molar-refractivity contribution >= 4 is 35.2 Å². The van der Waals surface area contributed by atoms with Crippen molar-refractivity contribution in [2.45, 2.75) is 19.5 Å². The topological polar surface area (TPSA) is 197 Å². The fraction of sp³-hybridized carbons (Fsp3) is 0.160. The van der Waals surface area contributed by atoms with Crippen LogP contribution in [-0.2, 0) is 11.3 Å². The summed E-state index contributed by atoms with van der Waals surface area (Å²) in [6.07, 6.45) is 0. The SMILES string of the molecule is C[C@@H](NC(=O)c1cc(C(=O)NCc2ccc3c(c2)NC(=O)CO3)n2c(=O)[nH]nc2n1)c1ccc(C(=O)O)cc1. The van der Waals surface area contributed by atoms with Crippen LogP contribution < -0.4 is 26.4 Å². The number of aromatic carboxylic acids is 1. The predicted molar refractivity (Wildman–Crippen MR) is 135 cm³/mol. The lowest BCUT2D eigenvalue weighted by atomic mass is 10.1. The second-order valence-corrected chi connectivity index (χ2v) is 8.66. The zero-order valence-electron chi connectivity index (χ0n) is 20.3. The summed E-state index contributed by atoms with van der Waals surface area (Å²) in [6.45, 7) is 1.67. The molecule has 5 rings (SSSR count). The van der Waals surface area contributed by atoms with Crippen LogP contribution in [0.25, 0.3) is 5.78 Å². The number of nitrogens with one attached hydrogen (secondary N) is 4. The number of rotatable bonds is 7. The van der Waals surface area contributed by atoms with Crippen LogP contribution in [0.3, 0.4) is 0 Å². The number of carbonyl (C=O) groups excluding carboxylic acids is 3. The van der Waals surface area contributed by atoms with Gasteiger partial charge in [0.05, 0.1) is 17.3 Å². The van der Waals surface area contributed by atoms with Crippen LogP contribution in [0.5, 0.6) is 5.75 Å². The zero-order valence-corrected chi connectivity index (χ0v) is 20.3. The van der Waals surface area contributed by atoms with Gasteiger partial charge in [-0.25, -0.2) is 24.1 Å². The smallest absolute Gasteiger partial charge is 0.349 e. The first kappa shape index (κ1) is 25.1. The van der Waals surface area contributed by atoms with Gasteiger partial charge >= 0.3 is 11.7 Å². The highest BCUT2D eigenvalue weighted by molar-refractivity contribution is 5.98. The minimum absolute atomic E-state index is 0.0449. The lowest BCUT2D eigenvalue weighted by molar-refractivity contribution is -0.118. The molecule has 198 valence electrons. The molecule has 3 heterocycles. The number of ether oxygens (including phenoxy) is 1. The average molecular weight is 531 g/mol. The molecule has 0 unspecified atom stereocenters. The molecule has 1 aliphatic rings. The van der Waals surface area contributed by atoms with Gasteiger partial charge in [-0.15, -0.1) is 5.10 Å². The standard InChI is InChI=1S/C25H21N7O7/c1-12(14-3-5-15(6-4-14)23(36)37)27-21(34)17-9-18(32-24(29-17)30-31-25(32)38)22(35)26-10-13-2-7-19-16(8-13)28-20(33)11-39-19/h2-9,12H,10-11H2,1H3,(H,26,35)(H,27,34)(H,28,33)(H,31,38)(H,36,37)/t12-/m1/s1. The van der Waals surface area contributed by atoms with Gasteiger partial charge < -0.3 is 25.8 Å². The number of anilines is 1. The molecule has 14 heteroatoms. The highest BCUT2D eigenvalue weighted by Crippen LogP contribution is 2.28. The minimum Gasteiger partial charge on any atom is -0.482 e. The van der Waals surface area contributed by atoms with Crippen molar-refractivity contribution in [3.05, 3.63) is 87.1 Å². The van der Waals surface area contributed by atoms with E-state index in [1.165, 1.54) is 18.2 Å². The fourth-order valence-corrected chi connectivity index (χ4v) is 3.98. The summed E-state index contributed by atoms with van der Waals surface area (Å²) in [5.74, 6) is -2.33. The molecule has 5 N–H and O–H groups in total. The highest BCUT2D eigenvalue weighted by atomic mass is 16.5. The van der Waals surface area contributed by atoms with Crippen molar-refractivity contribution in [2.24, 2.45) is 0 Å². The molecule has 14 nitrogen and oxygen atoms in total. The number of aromatic nitrogens is 4. The van der Waals surface area contributed by atoms with Gasteiger partial charge in [-0.2, -0.15) is 0 Å². The third-order valence-corrected chi connectivity index (χ3v) is 5.99. The molecule has 0 saturated carbocycles. The Kier molecular flexibility index (Phi) is 6.50. The third kappa shape index (κ3) is 5.16. The van der Waals surface area contributed by atoms with Crippen molar-refractivity contribution in [3.8, 4) is 5.75 Å². The highest BCUT2D eigenvalue weighted by Gasteiger charge is 2.21. The lowest BCUT2D eigenvalue weighted by Crippen LogP contribution is -2.31. The number of amides is 3. The van der Waals surface area contributed by atoms with Gasteiger partial charge in [-0.05, 0) is 48.4 Å². The van der Waals surface area contributed by atoms with Gasteiger partial charge in [0.1, 0.15) is 17.1 Å². The Morgan fingerprint density at radius 1 is 1.10 bits per heavy atom. The quantitative estimate of drug-likeness (QED) is 0.230. The average Bonchev–Trinajstić information content (AvgIpc) is 3.31. The van der Waals surface area contributed by atoms with Gasteiger partial charge in [0, 0.05) is 6.54 Å². The second-order valence-electron chi connectivity index (χ2n) is 8.66. The first-order chi connectivity index (χ1) is 18.7. The Hall–Kier alpha value is -5.53. The Balaban J connectivity index is 1.35. The summed E-state index contributed by atoms with van der Waals surface area (Å²) in [4.78, 5) is 65.2. The second kappa shape index (κ2) is 10.1. The van der Waals surface area contributed by atoms with Gasteiger partial charge in [0.2, 0.25) is 0 Å². The molecule has 0 aliphatic carbocycles. The third-order valence-electron chi connectivity index (χ3n) is 5.99. The van der Waals surface area contributed by atoms with Gasteiger partial charge in [-0.3, -0.25) is 14.4 Å². The normalized spacial score (nSPS) is 13.1. The van der Waals surface area contributed by atoms with E-state index in [1.54, 1.807) is 37.3 Å². The van der Waals surface area contributed by atoms with Crippen molar-refractivity contribution in [1.82, 2.24) is 30.2 Å². The molecule has 4 aromatic rings. The Bertz CT molecular complexity index is 1690. The van der Waals surface area contributed by atoms with Crippen LogP contribution >= 0.6 is 0 Å². The Labute approximate surface area is 219 Å². The summed E-state index contributed by atoms with van der Waals surface area (Å²) in [5.41, 5.74) is 0.841. The molecule has 0 radical (unpaired) electrons. The number of carbonyl (C=O) groups is 4. The van der Waals surface area contributed by atoms with E-state index in [-0.39, 0.29) is 41.8 Å². The number of hydrogen-bond donors (Lipinski definition) is 5. The molecule has 0 spiro atoms. The molecule has 3 amide bonds. The zero-order chi connectivity index (χ0) is 27.7. The maximum atomic E-state index is 13.1. The Morgan fingerprint density at radius 3 is 2.62 bits per heavy atom. The van der Waals surface area contributed by atoms with Gasteiger partial charge in [0.15, 0.2) is 6.61 Å². The number of aromatic amines is 1. The van der Waals surface area contributed by atoms with Crippen molar-refractivity contribution in [2.75, 3.05) is 11.9 Å². The van der Waals surface area contributed by atoms with E-state index in [9.17, 15) is 24.0 Å². The van der Waals surface area contributed by atoms with Crippen molar-refractivity contribution < 1.29 is 29.0 Å². The van der Waals surface area contributed by atoms with Crippen LogP contribution in [0.15, 0.2) is 53.3 Å². The van der Waals surface area contributed by atoms with Crippen LogP contribution in [0.4, 0.5) is 5.69 Å². The van der Waals surface area contributed by atoms with Crippen molar-refractivity contribution in [1.29, 1.82) is 0 Å². The monoisotopic (exact) mass is 531 g/mol. The number of nitrogens with zero attached hydrogens (tertiary/aromatic N) is 3. The van der Waals surface area contributed by atoms with Crippen LogP contribution in [0.2, 0.25) is 0 Å². The molecule has 0 fully saturated rings. The maximum Gasteiger partial charge on any atom is 0.349 e. The number of hydrogen-bond acceptors (Lipinski definition) is 8. The summed E-state index contributed by atoms with van der Waals surface area (Å²) >= 11 is 0. The number of fused-ring (bicyclic) bond motifs is 2. The lowest BCUT2D eigenvalue weighted by Gasteiger charge is -2.18. The number of H-pyrrole nitrogens is 1. The van der Waals surface area contributed by atoms with E-state index in [1.807, 2.05) is 0 Å². The summed E-state index contributed by atoms with van der Waals surface area (Å²) in [5, 5.41) is 23.2. The summed E-state index contributed by atoms with van der Waals surface area (Å²) < 4.78 is 6.27. The van der Waals surface area contributed by atoms with Crippen molar-refractivity contribution in [3.63, 3.8) is 0 Å². The van der Waals surface area contributed by atoms with E-state index in [4.69, 9.17) is 9.84 Å². The number of carboxylic acid groups (broad SMARTS) is 1. The minimum atomic E-state index is -1.07. The number of carboxylic acids is 1. The molecule has 0 bridgehead atoms. The molecular weight excluding hydrogens is 510 g/mol. The molecular formula is C25H21N7O7. The van der Waals surface area contributed by atoms with Crippen LogP contribution in [0.1, 0.15) is 55.4 Å². The molecule has 2 aromatic carbocycles. The van der Waals surface area contributed by atoms with E-state index in [2.05, 4.69) is 31.1 Å². The fourth-order valence-electron chi connectivity index (χ4n) is 3.98. The van der Waals surface area contributed by atoms with E-state index in [0.29, 0.717) is 22.6 Å². The molecule has 2 aromatic heterocycles. The molecule has 0 saturated heterocycles. The van der Waals surface area contributed by atoms with E-state index >= 15 is 0 Å². The molecule has 39 heavy (non-hydrogen) atoms. The van der Waals surface area contributed by atoms with Gasteiger partial charge in [-0.1, -0.05) is 18.2 Å². The molecule has 1 atom stereocenters. The first-order valence-corrected chi connectivity index (χ1v) is 11.7. The predicted octanol–water partition coefficient (Wildman–Crippen LogP) is 0.868. The van der Waals surface area contributed by atoms with E-state index < -0.39 is 29.5 Å². The van der Waals surface area contributed by atoms with E-state index in [0.717, 1.165) is 4.40 Å². The first-order valence-electron chi connectivity index (χ1n) is 11.7.